The lowest BCUT2D eigenvalue weighted by atomic mass is 10.1. The molecule has 2 amide bonds. The summed E-state index contributed by atoms with van der Waals surface area (Å²) < 4.78 is 5.32. The van der Waals surface area contributed by atoms with Crippen LogP contribution in [0.2, 0.25) is 0 Å². The molecule has 1 aromatic carbocycles. The predicted molar refractivity (Wildman–Crippen MR) is 115 cm³/mol. The van der Waals surface area contributed by atoms with Crippen molar-refractivity contribution in [3.8, 4) is 0 Å². The van der Waals surface area contributed by atoms with Gasteiger partial charge in [0.15, 0.2) is 0 Å². The minimum absolute atomic E-state index is 0.0689. The fraction of sp³-hybridized carbons (Fsp3) is 0.429. The molecule has 1 aliphatic heterocycles. The standard InChI is InChI=1S/C21H27N5O4/c1-3-18(27)23-15-4-6-16(7-5-15)24-19(28)9-8-17-14(2)22-21(25-20(17)29)26-10-12-30-13-11-26/h4-7H,3,8-13H2,1-2H3,(H,23,27)(H,24,28)(H,22,25,29). The van der Waals surface area contributed by atoms with Crippen LogP contribution in [0.1, 0.15) is 31.0 Å². The fourth-order valence-corrected chi connectivity index (χ4v) is 3.16. The molecule has 1 aliphatic rings. The van der Waals surface area contributed by atoms with Crippen LogP contribution in [0.5, 0.6) is 0 Å². The van der Waals surface area contributed by atoms with Gasteiger partial charge >= 0.3 is 0 Å². The molecule has 3 rings (SSSR count). The smallest absolute Gasteiger partial charge is 0.255 e. The summed E-state index contributed by atoms with van der Waals surface area (Å²) >= 11 is 0. The van der Waals surface area contributed by atoms with Crippen molar-refractivity contribution in [3.63, 3.8) is 0 Å². The molecular weight excluding hydrogens is 386 g/mol. The summed E-state index contributed by atoms with van der Waals surface area (Å²) in [6, 6.07) is 6.90. The Morgan fingerprint density at radius 2 is 1.70 bits per heavy atom. The Hall–Kier alpha value is -3.20. The quantitative estimate of drug-likeness (QED) is 0.638. The maximum absolute atomic E-state index is 12.5. The van der Waals surface area contributed by atoms with Gasteiger partial charge in [-0.1, -0.05) is 6.92 Å². The first-order chi connectivity index (χ1) is 14.5. The number of hydrogen-bond donors (Lipinski definition) is 3. The van der Waals surface area contributed by atoms with E-state index in [-0.39, 0.29) is 23.8 Å². The third-order valence-electron chi connectivity index (χ3n) is 4.90. The Labute approximate surface area is 174 Å². The molecule has 0 aliphatic carbocycles. The number of aryl methyl sites for hydroxylation is 1. The Kier molecular flexibility index (Phi) is 7.18. The number of nitrogens with one attached hydrogen (secondary N) is 3. The number of anilines is 3. The van der Waals surface area contributed by atoms with Crippen LogP contribution in [0.25, 0.3) is 0 Å². The molecule has 0 spiro atoms. The molecule has 9 heteroatoms. The normalized spacial score (nSPS) is 13.7. The maximum Gasteiger partial charge on any atom is 0.255 e. The molecule has 0 radical (unpaired) electrons. The molecule has 9 nitrogen and oxygen atoms in total. The van der Waals surface area contributed by atoms with E-state index in [1.165, 1.54) is 0 Å². The van der Waals surface area contributed by atoms with Crippen LogP contribution in [0.4, 0.5) is 17.3 Å². The van der Waals surface area contributed by atoms with Crippen molar-refractivity contribution in [1.82, 2.24) is 9.97 Å². The fourth-order valence-electron chi connectivity index (χ4n) is 3.16. The third kappa shape index (κ3) is 5.66. The van der Waals surface area contributed by atoms with Crippen LogP contribution in [0.3, 0.4) is 0 Å². The summed E-state index contributed by atoms with van der Waals surface area (Å²) in [5.74, 6) is 0.279. The van der Waals surface area contributed by atoms with Gasteiger partial charge in [0.25, 0.3) is 5.56 Å². The van der Waals surface area contributed by atoms with Gasteiger partial charge in [0, 0.05) is 48.6 Å². The predicted octanol–water partition coefficient (Wildman–Crippen LogP) is 1.83. The molecule has 30 heavy (non-hydrogen) atoms. The molecule has 2 aromatic rings. The average molecular weight is 413 g/mol. The zero-order chi connectivity index (χ0) is 21.5. The van der Waals surface area contributed by atoms with Crippen molar-refractivity contribution in [3.05, 3.63) is 45.9 Å². The highest BCUT2D eigenvalue weighted by Crippen LogP contribution is 2.15. The van der Waals surface area contributed by atoms with E-state index in [1.54, 1.807) is 38.1 Å². The zero-order valence-electron chi connectivity index (χ0n) is 17.3. The first kappa shape index (κ1) is 21.5. The molecule has 0 bridgehead atoms. The molecule has 0 atom stereocenters. The number of nitrogens with zero attached hydrogens (tertiary/aromatic N) is 2. The van der Waals surface area contributed by atoms with Crippen molar-refractivity contribution in [2.45, 2.75) is 33.1 Å². The SMILES string of the molecule is CCC(=O)Nc1ccc(NC(=O)CCc2c(C)nc(N3CCOCC3)[nH]c2=O)cc1. The van der Waals surface area contributed by atoms with Gasteiger partial charge in [0.1, 0.15) is 0 Å². The molecule has 3 N–H and O–H groups in total. The van der Waals surface area contributed by atoms with Crippen LogP contribution < -0.4 is 21.1 Å². The number of aromatic nitrogens is 2. The maximum atomic E-state index is 12.5. The Morgan fingerprint density at radius 3 is 2.27 bits per heavy atom. The highest BCUT2D eigenvalue weighted by Gasteiger charge is 2.16. The lowest BCUT2D eigenvalue weighted by molar-refractivity contribution is -0.116. The first-order valence-corrected chi connectivity index (χ1v) is 10.1. The lowest BCUT2D eigenvalue weighted by Crippen LogP contribution is -2.38. The number of amides is 2. The highest BCUT2D eigenvalue weighted by atomic mass is 16.5. The summed E-state index contributed by atoms with van der Waals surface area (Å²) in [6.45, 7) is 6.15. The second kappa shape index (κ2) is 10.0. The van der Waals surface area contributed by atoms with Gasteiger partial charge < -0.3 is 20.3 Å². The van der Waals surface area contributed by atoms with E-state index in [2.05, 4.69) is 20.6 Å². The number of rotatable bonds is 7. The largest absolute Gasteiger partial charge is 0.378 e. The molecule has 1 saturated heterocycles. The molecule has 0 unspecified atom stereocenters. The summed E-state index contributed by atoms with van der Waals surface area (Å²) in [5, 5.41) is 5.55. The van der Waals surface area contributed by atoms with E-state index >= 15 is 0 Å². The van der Waals surface area contributed by atoms with Crippen molar-refractivity contribution in [2.75, 3.05) is 41.8 Å². The minimum atomic E-state index is -0.215. The zero-order valence-corrected chi connectivity index (χ0v) is 17.3. The van der Waals surface area contributed by atoms with Gasteiger partial charge in [-0.05, 0) is 37.6 Å². The Balaban J connectivity index is 1.56. The van der Waals surface area contributed by atoms with Gasteiger partial charge in [0.2, 0.25) is 17.8 Å². The van der Waals surface area contributed by atoms with E-state index in [9.17, 15) is 14.4 Å². The highest BCUT2D eigenvalue weighted by molar-refractivity contribution is 5.92. The van der Waals surface area contributed by atoms with Gasteiger partial charge in [-0.3, -0.25) is 19.4 Å². The lowest BCUT2D eigenvalue weighted by Gasteiger charge is -2.27. The van der Waals surface area contributed by atoms with Crippen molar-refractivity contribution < 1.29 is 14.3 Å². The number of benzene rings is 1. The van der Waals surface area contributed by atoms with Crippen molar-refractivity contribution >= 4 is 29.1 Å². The monoisotopic (exact) mass is 413 g/mol. The number of carbonyl (C=O) groups excluding carboxylic acids is 2. The molecule has 2 heterocycles. The number of H-pyrrole nitrogens is 1. The Morgan fingerprint density at radius 1 is 1.10 bits per heavy atom. The van der Waals surface area contributed by atoms with Crippen LogP contribution >= 0.6 is 0 Å². The van der Waals surface area contributed by atoms with Gasteiger partial charge in [-0.15, -0.1) is 0 Å². The first-order valence-electron chi connectivity index (χ1n) is 10.1. The van der Waals surface area contributed by atoms with Crippen LogP contribution in [0.15, 0.2) is 29.1 Å². The number of hydrogen-bond acceptors (Lipinski definition) is 6. The molecule has 0 saturated carbocycles. The summed E-state index contributed by atoms with van der Waals surface area (Å²) in [4.78, 5) is 45.5. The third-order valence-corrected chi connectivity index (χ3v) is 4.90. The van der Waals surface area contributed by atoms with E-state index < -0.39 is 0 Å². The van der Waals surface area contributed by atoms with E-state index in [0.717, 1.165) is 0 Å². The topological polar surface area (TPSA) is 116 Å². The number of morpholine rings is 1. The van der Waals surface area contributed by atoms with Gasteiger partial charge in [-0.2, -0.15) is 0 Å². The number of aromatic amines is 1. The summed E-state index contributed by atoms with van der Waals surface area (Å²) in [7, 11) is 0. The van der Waals surface area contributed by atoms with E-state index in [0.29, 0.717) is 67.7 Å². The summed E-state index contributed by atoms with van der Waals surface area (Å²) in [5.41, 5.74) is 2.23. The molecule has 1 fully saturated rings. The Bertz CT molecular complexity index is 949. The van der Waals surface area contributed by atoms with E-state index in [4.69, 9.17) is 4.74 Å². The second-order valence-corrected chi connectivity index (χ2v) is 7.08. The van der Waals surface area contributed by atoms with Crippen LogP contribution in [-0.2, 0) is 20.7 Å². The molecular formula is C21H27N5O4. The summed E-state index contributed by atoms with van der Waals surface area (Å²) in [6.07, 6.45) is 0.865. The van der Waals surface area contributed by atoms with Gasteiger partial charge in [-0.25, -0.2) is 4.98 Å². The minimum Gasteiger partial charge on any atom is -0.378 e. The second-order valence-electron chi connectivity index (χ2n) is 7.08. The molecule has 1 aromatic heterocycles. The van der Waals surface area contributed by atoms with Crippen LogP contribution in [-0.4, -0.2) is 48.1 Å². The van der Waals surface area contributed by atoms with Crippen LogP contribution in [0, 0.1) is 6.92 Å². The number of ether oxygens (including phenoxy) is 1. The van der Waals surface area contributed by atoms with Crippen molar-refractivity contribution in [1.29, 1.82) is 0 Å². The molecule has 160 valence electrons. The van der Waals surface area contributed by atoms with Gasteiger partial charge in [0.05, 0.1) is 13.2 Å². The average Bonchev–Trinajstić information content (AvgIpc) is 2.75. The van der Waals surface area contributed by atoms with Crippen molar-refractivity contribution in [2.24, 2.45) is 0 Å². The number of carbonyl (C=O) groups is 2. The van der Waals surface area contributed by atoms with E-state index in [1.807, 2.05) is 4.90 Å².